The molecule has 0 aliphatic carbocycles. The highest BCUT2D eigenvalue weighted by molar-refractivity contribution is 6.33. The van der Waals surface area contributed by atoms with E-state index in [1.807, 2.05) is 0 Å². The van der Waals surface area contributed by atoms with Gasteiger partial charge in [-0.1, -0.05) is 18.5 Å². The highest BCUT2D eigenvalue weighted by Gasteiger charge is 2.50. The molecule has 1 aliphatic heterocycles. The van der Waals surface area contributed by atoms with Crippen molar-refractivity contribution in [3.8, 4) is 5.75 Å². The lowest BCUT2D eigenvalue weighted by Crippen LogP contribution is -2.55. The van der Waals surface area contributed by atoms with E-state index in [4.69, 9.17) is 32.7 Å². The molecule has 1 saturated heterocycles. The van der Waals surface area contributed by atoms with E-state index in [1.54, 1.807) is 32.9 Å². The number of H-pyrrole nitrogens is 1. The molecule has 1 aromatic carbocycles. The summed E-state index contributed by atoms with van der Waals surface area (Å²) in [6.07, 6.45) is 0.979. The maximum absolute atomic E-state index is 15.1. The fraction of sp³-hybridized carbons (Fsp3) is 0.519. The first-order chi connectivity index (χ1) is 19.6. The summed E-state index contributed by atoms with van der Waals surface area (Å²) in [7, 11) is 1.43. The molecule has 2 atom stereocenters. The van der Waals surface area contributed by atoms with Crippen LogP contribution in [0.15, 0.2) is 27.9 Å². The Labute approximate surface area is 250 Å². The van der Waals surface area contributed by atoms with Crippen LogP contribution in [0, 0.1) is 11.8 Å². The Kier molecular flexibility index (Phi) is 9.02. The lowest BCUT2D eigenvalue weighted by Gasteiger charge is -2.42. The molecule has 228 valence electrons. The van der Waals surface area contributed by atoms with E-state index in [0.717, 1.165) is 4.57 Å². The number of alkyl halides is 2. The summed E-state index contributed by atoms with van der Waals surface area (Å²) in [4.78, 5) is 48.9. The standard InChI is InChI=1S/C27H32Cl2F2N6O5/c1-14-12-37(25(40)42-26(2,3)4)13-15(27(14,30)31)7-6-8-41-19-10-16(33-21-17(28)11-32-24(29)35-21)9-18-20(19)36(5)23(39)22(38)34-18/h9-11,14-15H,6-8,12-13H2,1-5H3,(H,34,38)(H,32,33,35)/t14-,15+/m1/s1. The number of hydrogen-bond donors (Lipinski definition) is 2. The summed E-state index contributed by atoms with van der Waals surface area (Å²) in [5.41, 5.74) is -1.41. The molecule has 2 N–H and O–H groups in total. The lowest BCUT2D eigenvalue weighted by atomic mass is 9.83. The van der Waals surface area contributed by atoms with Crippen molar-refractivity contribution in [2.45, 2.75) is 52.1 Å². The number of benzene rings is 1. The average Bonchev–Trinajstić information content (AvgIpc) is 2.88. The van der Waals surface area contributed by atoms with Crippen LogP contribution < -0.4 is 21.2 Å². The van der Waals surface area contributed by atoms with Crippen molar-refractivity contribution in [1.82, 2.24) is 24.4 Å². The van der Waals surface area contributed by atoms with Crippen molar-refractivity contribution in [2.24, 2.45) is 18.9 Å². The molecule has 0 saturated carbocycles. The molecule has 0 spiro atoms. The molecule has 2 aromatic heterocycles. The largest absolute Gasteiger partial charge is 0.491 e. The minimum atomic E-state index is -2.99. The quantitative estimate of drug-likeness (QED) is 0.203. The maximum atomic E-state index is 15.1. The minimum Gasteiger partial charge on any atom is -0.491 e. The molecule has 1 fully saturated rings. The van der Waals surface area contributed by atoms with Crippen LogP contribution in [0.3, 0.4) is 0 Å². The lowest BCUT2D eigenvalue weighted by molar-refractivity contribution is -0.145. The summed E-state index contributed by atoms with van der Waals surface area (Å²) in [6, 6.07) is 3.12. The molecular formula is C27H32Cl2F2N6O5. The average molecular weight is 629 g/mol. The van der Waals surface area contributed by atoms with E-state index in [-0.39, 0.29) is 59.9 Å². The van der Waals surface area contributed by atoms with Crippen molar-refractivity contribution in [3.63, 3.8) is 0 Å². The second-order valence-electron chi connectivity index (χ2n) is 11.3. The number of nitrogens with one attached hydrogen (secondary N) is 2. The van der Waals surface area contributed by atoms with E-state index in [2.05, 4.69) is 20.3 Å². The Hall–Kier alpha value is -3.45. The SMILES string of the molecule is C[C@@H]1CN(C(=O)OC(C)(C)C)C[C@H](CCCOc2cc(Nc3nc(Cl)ncc3Cl)cc3[nH]c(=O)c(=O)n(C)c23)C1(F)F. The van der Waals surface area contributed by atoms with Crippen LogP contribution in [-0.2, 0) is 11.8 Å². The van der Waals surface area contributed by atoms with E-state index in [9.17, 15) is 14.4 Å². The summed E-state index contributed by atoms with van der Waals surface area (Å²) >= 11 is 12.1. The molecule has 4 rings (SSSR count). The highest BCUT2D eigenvalue weighted by Crippen LogP contribution is 2.40. The van der Waals surface area contributed by atoms with Crippen molar-refractivity contribution in [3.05, 3.63) is 49.3 Å². The molecule has 3 heterocycles. The Morgan fingerprint density at radius 1 is 1.24 bits per heavy atom. The van der Waals surface area contributed by atoms with Crippen molar-refractivity contribution >= 4 is 51.8 Å². The number of carbonyl (C=O) groups is 1. The first kappa shape index (κ1) is 31.5. The second kappa shape index (κ2) is 12.0. The predicted octanol–water partition coefficient (Wildman–Crippen LogP) is 5.36. The number of rotatable bonds is 7. The van der Waals surface area contributed by atoms with E-state index in [0.29, 0.717) is 11.2 Å². The first-order valence-electron chi connectivity index (χ1n) is 13.3. The molecule has 0 radical (unpaired) electrons. The molecule has 42 heavy (non-hydrogen) atoms. The van der Waals surface area contributed by atoms with Gasteiger partial charge in [-0.25, -0.2) is 18.6 Å². The normalized spacial score (nSPS) is 18.6. The van der Waals surface area contributed by atoms with Gasteiger partial charge in [0.2, 0.25) is 5.28 Å². The zero-order valence-electron chi connectivity index (χ0n) is 23.8. The molecule has 3 aromatic rings. The number of piperidine rings is 1. The highest BCUT2D eigenvalue weighted by atomic mass is 35.5. The van der Waals surface area contributed by atoms with Crippen LogP contribution in [0.2, 0.25) is 10.3 Å². The molecule has 0 bridgehead atoms. The fourth-order valence-electron chi connectivity index (χ4n) is 4.82. The second-order valence-corrected chi connectivity index (χ2v) is 12.0. The number of aromatic nitrogens is 4. The van der Waals surface area contributed by atoms with Gasteiger partial charge in [0, 0.05) is 43.7 Å². The Bertz CT molecular complexity index is 1610. The van der Waals surface area contributed by atoms with Crippen LogP contribution in [0.1, 0.15) is 40.5 Å². The molecular weight excluding hydrogens is 597 g/mol. The molecule has 0 unspecified atom stereocenters. The Balaban J connectivity index is 1.54. The van der Waals surface area contributed by atoms with Gasteiger partial charge >= 0.3 is 17.2 Å². The van der Waals surface area contributed by atoms with Gasteiger partial charge in [-0.05, 0) is 51.3 Å². The zero-order chi connectivity index (χ0) is 31.0. The zero-order valence-corrected chi connectivity index (χ0v) is 25.3. The number of aromatic amines is 1. The van der Waals surface area contributed by atoms with Crippen molar-refractivity contribution in [2.75, 3.05) is 25.0 Å². The topological polar surface area (TPSA) is 131 Å². The number of likely N-dealkylation sites (tertiary alicyclic amines) is 1. The van der Waals surface area contributed by atoms with Crippen LogP contribution in [0.5, 0.6) is 5.75 Å². The number of anilines is 2. The van der Waals surface area contributed by atoms with Crippen molar-refractivity contribution in [1.29, 1.82) is 0 Å². The molecule has 15 heteroatoms. The monoisotopic (exact) mass is 628 g/mol. The third-order valence-corrected chi connectivity index (χ3v) is 7.34. The number of ether oxygens (including phenoxy) is 2. The van der Waals surface area contributed by atoms with Gasteiger partial charge in [0.15, 0.2) is 5.82 Å². The summed E-state index contributed by atoms with van der Waals surface area (Å²) in [5, 5.41) is 3.12. The number of hydrogen-bond acceptors (Lipinski definition) is 8. The number of carbonyl (C=O) groups excluding carboxylic acids is 1. The van der Waals surface area contributed by atoms with Crippen LogP contribution >= 0.6 is 23.2 Å². The number of aryl methyl sites for hydroxylation is 1. The van der Waals surface area contributed by atoms with E-state index >= 15 is 8.78 Å². The van der Waals surface area contributed by atoms with Gasteiger partial charge < -0.3 is 29.2 Å². The van der Waals surface area contributed by atoms with Crippen LogP contribution in [0.4, 0.5) is 25.1 Å². The maximum Gasteiger partial charge on any atom is 0.410 e. The van der Waals surface area contributed by atoms with Crippen LogP contribution in [0.25, 0.3) is 11.0 Å². The van der Waals surface area contributed by atoms with Gasteiger partial charge in [0.1, 0.15) is 21.9 Å². The van der Waals surface area contributed by atoms with Gasteiger partial charge in [-0.2, -0.15) is 4.98 Å². The third kappa shape index (κ3) is 6.95. The minimum absolute atomic E-state index is 0.0133. The summed E-state index contributed by atoms with van der Waals surface area (Å²) in [6.45, 7) is 6.35. The number of halogens is 4. The number of amides is 1. The van der Waals surface area contributed by atoms with Crippen LogP contribution in [-0.4, -0.2) is 61.7 Å². The number of fused-ring (bicyclic) bond motifs is 1. The molecule has 1 amide bonds. The molecule has 11 nitrogen and oxygen atoms in total. The Morgan fingerprint density at radius 2 is 1.95 bits per heavy atom. The van der Waals surface area contributed by atoms with E-state index < -0.39 is 40.6 Å². The molecule has 1 aliphatic rings. The Morgan fingerprint density at radius 3 is 2.64 bits per heavy atom. The van der Waals surface area contributed by atoms with Gasteiger partial charge in [-0.15, -0.1) is 0 Å². The van der Waals surface area contributed by atoms with E-state index in [1.165, 1.54) is 25.1 Å². The fourth-order valence-corrected chi connectivity index (χ4v) is 5.09. The van der Waals surface area contributed by atoms with Crippen molar-refractivity contribution < 1.29 is 23.0 Å². The van der Waals surface area contributed by atoms with Gasteiger partial charge in [0.25, 0.3) is 5.92 Å². The smallest absolute Gasteiger partial charge is 0.410 e. The summed E-state index contributed by atoms with van der Waals surface area (Å²) in [5.74, 6) is -4.74. The van der Waals surface area contributed by atoms with Gasteiger partial charge in [-0.3, -0.25) is 9.59 Å². The third-order valence-electron chi connectivity index (χ3n) is 6.88. The first-order valence-corrected chi connectivity index (χ1v) is 14.0. The predicted molar refractivity (Wildman–Crippen MR) is 155 cm³/mol. The van der Waals surface area contributed by atoms with Gasteiger partial charge in [0.05, 0.1) is 18.3 Å². The number of nitrogens with zero attached hydrogens (tertiary/aromatic N) is 4. The summed E-state index contributed by atoms with van der Waals surface area (Å²) < 4.78 is 42.8.